The molecular formula is C17H17ClN2O5. The summed E-state index contributed by atoms with van der Waals surface area (Å²) >= 11 is 6.06. The van der Waals surface area contributed by atoms with Crippen LogP contribution in [0.3, 0.4) is 0 Å². The lowest BCUT2D eigenvalue weighted by Gasteiger charge is -2.14. The number of halogens is 1. The molecule has 0 aliphatic rings. The van der Waals surface area contributed by atoms with Crippen LogP contribution in [0, 0.1) is 0 Å². The Bertz CT molecular complexity index is 795. The molecule has 0 aliphatic heterocycles. The zero-order chi connectivity index (χ0) is 18.4. The van der Waals surface area contributed by atoms with Crippen LogP contribution >= 0.6 is 11.6 Å². The van der Waals surface area contributed by atoms with Gasteiger partial charge >= 0.3 is 6.09 Å². The monoisotopic (exact) mass is 364 g/mol. The Balaban J connectivity index is 2.22. The van der Waals surface area contributed by atoms with Crippen molar-refractivity contribution in [1.82, 2.24) is 0 Å². The Morgan fingerprint density at radius 1 is 1.08 bits per heavy atom. The maximum Gasteiger partial charge on any atom is 0.417 e. The summed E-state index contributed by atoms with van der Waals surface area (Å²) in [6.45, 7) is -0.191. The number of hydrogen-bond donors (Lipinski definition) is 2. The first-order valence-electron chi connectivity index (χ1n) is 7.22. The highest BCUT2D eigenvalue weighted by Gasteiger charge is 2.16. The molecule has 7 nitrogen and oxygen atoms in total. The molecule has 0 spiro atoms. The van der Waals surface area contributed by atoms with Crippen LogP contribution in [-0.4, -0.2) is 32.6 Å². The van der Waals surface area contributed by atoms with Gasteiger partial charge in [0.1, 0.15) is 17.2 Å². The first kappa shape index (κ1) is 18.6. The number of benzene rings is 2. The number of anilines is 1. The Morgan fingerprint density at radius 3 is 2.40 bits per heavy atom. The average Bonchev–Trinajstić information content (AvgIpc) is 2.61. The predicted octanol–water partition coefficient (Wildman–Crippen LogP) is 3.11. The molecule has 0 aliphatic carbocycles. The first-order chi connectivity index (χ1) is 12.0. The third-order valence-corrected chi connectivity index (χ3v) is 3.58. The van der Waals surface area contributed by atoms with Crippen molar-refractivity contribution in [1.29, 1.82) is 0 Å². The van der Waals surface area contributed by atoms with Crippen LogP contribution < -0.4 is 25.3 Å². The maximum atomic E-state index is 12.2. The van der Waals surface area contributed by atoms with Crippen LogP contribution in [-0.2, 0) is 0 Å². The van der Waals surface area contributed by atoms with E-state index in [0.717, 1.165) is 0 Å². The second-order valence-corrected chi connectivity index (χ2v) is 5.23. The molecule has 2 aromatic rings. The van der Waals surface area contributed by atoms with Gasteiger partial charge in [-0.05, 0) is 18.2 Å². The molecule has 0 saturated carbocycles. The number of carbonyl (C=O) groups excluding carboxylic acids is 2. The Morgan fingerprint density at radius 2 is 1.76 bits per heavy atom. The zero-order valence-electron chi connectivity index (χ0n) is 13.7. The normalized spacial score (nSPS) is 10.1. The molecule has 25 heavy (non-hydrogen) atoms. The number of carbonyl (C=O) groups is 2. The van der Waals surface area contributed by atoms with Crippen molar-refractivity contribution >= 4 is 29.2 Å². The van der Waals surface area contributed by atoms with Crippen LogP contribution in [0.5, 0.6) is 17.2 Å². The predicted molar refractivity (Wildman–Crippen MR) is 94.0 cm³/mol. The lowest BCUT2D eigenvalue weighted by molar-refractivity contribution is 0.0999. The summed E-state index contributed by atoms with van der Waals surface area (Å²) in [6.07, 6.45) is -0.809. The number of ketones is 1. The summed E-state index contributed by atoms with van der Waals surface area (Å²) in [7, 11) is 2.90. The summed E-state index contributed by atoms with van der Waals surface area (Å²) in [5, 5.41) is 2.81. The molecule has 3 N–H and O–H groups in total. The molecule has 0 saturated heterocycles. The smallest absolute Gasteiger partial charge is 0.417 e. The van der Waals surface area contributed by atoms with Crippen molar-refractivity contribution in [3.63, 3.8) is 0 Å². The fraction of sp³-hybridized carbons (Fsp3) is 0.176. The number of hydrogen-bond acceptors (Lipinski definition) is 6. The van der Waals surface area contributed by atoms with E-state index in [4.69, 9.17) is 31.5 Å². The quantitative estimate of drug-likeness (QED) is 0.764. The van der Waals surface area contributed by atoms with Gasteiger partial charge in [0.2, 0.25) is 0 Å². The number of Topliss-reactive ketones (excluding diaryl/α,β-unsaturated/α-hetero) is 1. The van der Waals surface area contributed by atoms with Crippen LogP contribution in [0.1, 0.15) is 10.4 Å². The fourth-order valence-corrected chi connectivity index (χ4v) is 2.33. The minimum absolute atomic E-state index is 0.106. The second-order valence-electron chi connectivity index (χ2n) is 4.83. The lowest BCUT2D eigenvalue weighted by Crippen LogP contribution is -2.20. The third kappa shape index (κ3) is 4.40. The van der Waals surface area contributed by atoms with Gasteiger partial charge in [-0.25, -0.2) is 4.79 Å². The Labute approximate surface area is 149 Å². The van der Waals surface area contributed by atoms with Crippen LogP contribution in [0.25, 0.3) is 0 Å². The molecule has 0 fully saturated rings. The van der Waals surface area contributed by atoms with Crippen molar-refractivity contribution in [2.45, 2.75) is 0 Å². The number of ether oxygens (including phenoxy) is 3. The lowest BCUT2D eigenvalue weighted by atomic mass is 10.1. The van der Waals surface area contributed by atoms with Gasteiger partial charge in [0.15, 0.2) is 5.78 Å². The van der Waals surface area contributed by atoms with E-state index >= 15 is 0 Å². The SMILES string of the molecule is COc1cc(OC)c(NC(=O)Oc2ccccc2C(=O)CN)cc1Cl. The molecule has 2 aromatic carbocycles. The van der Waals surface area contributed by atoms with E-state index in [1.54, 1.807) is 12.1 Å². The van der Waals surface area contributed by atoms with Gasteiger partial charge in [0.05, 0.1) is 37.0 Å². The van der Waals surface area contributed by atoms with Crippen LogP contribution in [0.15, 0.2) is 36.4 Å². The zero-order valence-corrected chi connectivity index (χ0v) is 14.4. The summed E-state index contributed by atoms with van der Waals surface area (Å²) < 4.78 is 15.5. The van der Waals surface area contributed by atoms with E-state index in [1.165, 1.54) is 38.5 Å². The van der Waals surface area contributed by atoms with Crippen molar-refractivity contribution < 1.29 is 23.8 Å². The van der Waals surface area contributed by atoms with E-state index in [1.807, 2.05) is 0 Å². The molecule has 1 amide bonds. The van der Waals surface area contributed by atoms with Crippen LogP contribution in [0.4, 0.5) is 10.5 Å². The highest BCUT2D eigenvalue weighted by atomic mass is 35.5. The van der Waals surface area contributed by atoms with Gasteiger partial charge in [-0.1, -0.05) is 23.7 Å². The molecule has 0 bridgehead atoms. The minimum Gasteiger partial charge on any atom is -0.495 e. The average molecular weight is 365 g/mol. The van der Waals surface area contributed by atoms with E-state index in [-0.39, 0.29) is 28.7 Å². The topological polar surface area (TPSA) is 99.9 Å². The summed E-state index contributed by atoms with van der Waals surface area (Å²) in [6, 6.07) is 9.32. The summed E-state index contributed by atoms with van der Waals surface area (Å²) in [5.74, 6) is 0.503. The van der Waals surface area contributed by atoms with Crippen molar-refractivity contribution in [3.8, 4) is 17.2 Å². The number of para-hydroxylation sites is 1. The molecule has 0 radical (unpaired) electrons. The van der Waals surface area contributed by atoms with Gasteiger partial charge in [-0.3, -0.25) is 10.1 Å². The minimum atomic E-state index is -0.809. The number of nitrogens with two attached hydrogens (primary N) is 1. The molecule has 132 valence electrons. The molecule has 0 aromatic heterocycles. The summed E-state index contributed by atoms with van der Waals surface area (Å²) in [4.78, 5) is 24.0. The van der Waals surface area contributed by atoms with E-state index in [2.05, 4.69) is 5.32 Å². The van der Waals surface area contributed by atoms with Gasteiger partial charge < -0.3 is 19.9 Å². The van der Waals surface area contributed by atoms with Gasteiger partial charge in [0.25, 0.3) is 0 Å². The van der Waals surface area contributed by atoms with Gasteiger partial charge in [-0.2, -0.15) is 0 Å². The van der Waals surface area contributed by atoms with E-state index in [9.17, 15) is 9.59 Å². The highest BCUT2D eigenvalue weighted by Crippen LogP contribution is 2.36. The van der Waals surface area contributed by atoms with Crippen molar-refractivity contribution in [2.75, 3.05) is 26.1 Å². The maximum absolute atomic E-state index is 12.2. The van der Waals surface area contributed by atoms with Crippen molar-refractivity contribution in [2.24, 2.45) is 5.73 Å². The molecular weight excluding hydrogens is 348 g/mol. The molecule has 8 heteroatoms. The Kier molecular flexibility index (Phi) is 6.21. The first-order valence-corrected chi connectivity index (χ1v) is 7.60. The van der Waals surface area contributed by atoms with Gasteiger partial charge in [-0.15, -0.1) is 0 Å². The molecule has 0 unspecified atom stereocenters. The second kappa shape index (κ2) is 8.36. The van der Waals surface area contributed by atoms with Crippen molar-refractivity contribution in [3.05, 3.63) is 47.0 Å². The largest absolute Gasteiger partial charge is 0.495 e. The number of amides is 1. The number of nitrogens with one attached hydrogen (secondary N) is 1. The standard InChI is InChI=1S/C17H17ClN2O5/c1-23-15-8-16(24-2)12(7-11(15)18)20-17(22)25-14-6-4-3-5-10(14)13(21)9-19/h3-8H,9,19H2,1-2H3,(H,20,22). The summed E-state index contributed by atoms with van der Waals surface area (Å²) in [5.41, 5.74) is 5.88. The van der Waals surface area contributed by atoms with Gasteiger partial charge in [0, 0.05) is 6.07 Å². The van der Waals surface area contributed by atoms with E-state index < -0.39 is 6.09 Å². The highest BCUT2D eigenvalue weighted by molar-refractivity contribution is 6.32. The third-order valence-electron chi connectivity index (χ3n) is 3.29. The van der Waals surface area contributed by atoms with E-state index in [0.29, 0.717) is 17.2 Å². The Hall–Kier alpha value is -2.77. The molecule has 2 rings (SSSR count). The van der Waals surface area contributed by atoms with Crippen LogP contribution in [0.2, 0.25) is 5.02 Å². The molecule has 0 atom stereocenters. The number of rotatable bonds is 6. The fourth-order valence-electron chi connectivity index (χ4n) is 2.09. The number of methoxy groups -OCH3 is 2. The molecule has 0 heterocycles.